The van der Waals surface area contributed by atoms with Gasteiger partial charge in [-0.1, -0.05) is 38.1 Å². The van der Waals surface area contributed by atoms with Crippen LogP contribution in [0.4, 0.5) is 11.4 Å². The first-order chi connectivity index (χ1) is 16.3. The van der Waals surface area contributed by atoms with E-state index in [0.717, 1.165) is 5.01 Å². The summed E-state index contributed by atoms with van der Waals surface area (Å²) in [6.07, 6.45) is 0.693. The van der Waals surface area contributed by atoms with Crippen LogP contribution in [-0.2, 0) is 14.3 Å². The summed E-state index contributed by atoms with van der Waals surface area (Å²) in [7, 11) is 1.45. The number of amides is 1. The predicted octanol–water partition coefficient (Wildman–Crippen LogP) is 4.44. The highest BCUT2D eigenvalue weighted by molar-refractivity contribution is 6.05. The topological polar surface area (TPSA) is 136 Å². The van der Waals surface area contributed by atoms with E-state index in [4.69, 9.17) is 20.1 Å². The third-order valence-corrected chi connectivity index (χ3v) is 4.83. The predicted molar refractivity (Wildman–Crippen MR) is 127 cm³/mol. The summed E-state index contributed by atoms with van der Waals surface area (Å²) in [5.74, 6) is 5.10. The quantitative estimate of drug-likeness (QED) is 0.0724. The van der Waals surface area contributed by atoms with E-state index in [-0.39, 0.29) is 36.6 Å². The van der Waals surface area contributed by atoms with Crippen molar-refractivity contribution >= 4 is 23.3 Å². The summed E-state index contributed by atoms with van der Waals surface area (Å²) in [5, 5.41) is 18.9. The van der Waals surface area contributed by atoms with Crippen LogP contribution in [0.2, 0.25) is 0 Å². The standard InChI is InChI=1S/C24H30N4O6/c1-5-16(2)24(31)34-15-14-33-20-12-8-6-10-18(20)26-27-22(17(3)29)23(30)28(25)19-11-7-9-13-21(19)32-4/h6-13,16,29H,5,14-15,25H2,1-4H3/t16-/m0/s1. The summed E-state index contributed by atoms with van der Waals surface area (Å²) in [6.45, 7) is 5.20. The van der Waals surface area contributed by atoms with Crippen LogP contribution in [0.3, 0.4) is 0 Å². The second-order valence-corrected chi connectivity index (χ2v) is 7.27. The molecule has 0 saturated heterocycles. The molecule has 182 valence electrons. The molecule has 0 saturated carbocycles. The molecule has 0 heterocycles. The monoisotopic (exact) mass is 470 g/mol. The number of benzene rings is 2. The number of allylic oxidation sites excluding steroid dienone is 1. The van der Waals surface area contributed by atoms with Crippen LogP contribution >= 0.6 is 0 Å². The average Bonchev–Trinajstić information content (AvgIpc) is 2.85. The van der Waals surface area contributed by atoms with Crippen LogP contribution in [0.1, 0.15) is 27.2 Å². The van der Waals surface area contributed by atoms with Crippen molar-refractivity contribution in [1.82, 2.24) is 0 Å². The lowest BCUT2D eigenvalue weighted by molar-refractivity contribution is -0.148. The number of methoxy groups -OCH3 is 1. The summed E-state index contributed by atoms with van der Waals surface area (Å²) >= 11 is 0. The zero-order valence-electron chi connectivity index (χ0n) is 19.7. The molecule has 10 nitrogen and oxygen atoms in total. The van der Waals surface area contributed by atoms with E-state index >= 15 is 0 Å². The van der Waals surface area contributed by atoms with Gasteiger partial charge in [0.2, 0.25) is 0 Å². The molecule has 0 bridgehead atoms. The minimum Gasteiger partial charge on any atom is -0.510 e. The van der Waals surface area contributed by atoms with Crippen molar-refractivity contribution in [3.8, 4) is 11.5 Å². The molecule has 2 aromatic rings. The van der Waals surface area contributed by atoms with Crippen LogP contribution in [0.15, 0.2) is 70.2 Å². The number of nitrogens with zero attached hydrogens (tertiary/aromatic N) is 3. The summed E-state index contributed by atoms with van der Waals surface area (Å²) in [5.41, 5.74) is 0.244. The zero-order chi connectivity index (χ0) is 25.1. The van der Waals surface area contributed by atoms with Gasteiger partial charge in [0.1, 0.15) is 41.8 Å². The molecule has 3 N–H and O–H groups in total. The maximum absolute atomic E-state index is 12.9. The van der Waals surface area contributed by atoms with Gasteiger partial charge in [0, 0.05) is 0 Å². The van der Waals surface area contributed by atoms with Crippen molar-refractivity contribution < 1.29 is 28.9 Å². The van der Waals surface area contributed by atoms with Crippen LogP contribution in [-0.4, -0.2) is 37.3 Å². The van der Waals surface area contributed by atoms with E-state index in [1.54, 1.807) is 55.5 Å². The molecular weight excluding hydrogens is 440 g/mol. The Morgan fingerprint density at radius 2 is 1.74 bits per heavy atom. The van der Waals surface area contributed by atoms with Crippen LogP contribution in [0.5, 0.6) is 11.5 Å². The molecule has 0 radical (unpaired) electrons. The lowest BCUT2D eigenvalue weighted by atomic mass is 10.1. The maximum atomic E-state index is 12.9. The molecule has 0 fully saturated rings. The molecule has 10 heteroatoms. The maximum Gasteiger partial charge on any atom is 0.308 e. The van der Waals surface area contributed by atoms with Crippen molar-refractivity contribution in [2.75, 3.05) is 25.3 Å². The number of ether oxygens (including phenoxy) is 3. The van der Waals surface area contributed by atoms with Crippen LogP contribution < -0.4 is 20.3 Å². The van der Waals surface area contributed by atoms with Crippen molar-refractivity contribution in [2.24, 2.45) is 22.0 Å². The Bertz CT molecular complexity index is 1050. The van der Waals surface area contributed by atoms with Crippen molar-refractivity contribution in [3.05, 3.63) is 60.0 Å². The molecule has 0 spiro atoms. The highest BCUT2D eigenvalue weighted by Gasteiger charge is 2.22. The lowest BCUT2D eigenvalue weighted by Crippen LogP contribution is -2.38. The molecule has 0 aliphatic carbocycles. The summed E-state index contributed by atoms with van der Waals surface area (Å²) < 4.78 is 16.1. The van der Waals surface area contributed by atoms with Gasteiger partial charge in [-0.25, -0.2) is 10.9 Å². The minimum atomic E-state index is -0.788. The van der Waals surface area contributed by atoms with Gasteiger partial charge < -0.3 is 19.3 Å². The van der Waals surface area contributed by atoms with Crippen molar-refractivity contribution in [3.63, 3.8) is 0 Å². The molecule has 1 atom stereocenters. The lowest BCUT2D eigenvalue weighted by Gasteiger charge is -2.19. The van der Waals surface area contributed by atoms with Gasteiger partial charge >= 0.3 is 5.97 Å². The third-order valence-electron chi connectivity index (χ3n) is 4.83. The van der Waals surface area contributed by atoms with E-state index in [1.165, 1.54) is 14.0 Å². The van der Waals surface area contributed by atoms with Gasteiger partial charge in [0.15, 0.2) is 5.70 Å². The third kappa shape index (κ3) is 7.04. The molecule has 2 aromatic carbocycles. The van der Waals surface area contributed by atoms with Gasteiger partial charge in [-0.3, -0.25) is 9.59 Å². The fourth-order valence-electron chi connectivity index (χ4n) is 2.69. The highest BCUT2D eigenvalue weighted by Crippen LogP contribution is 2.30. The largest absolute Gasteiger partial charge is 0.510 e. The van der Waals surface area contributed by atoms with Crippen molar-refractivity contribution in [2.45, 2.75) is 27.2 Å². The Balaban J connectivity index is 2.14. The Morgan fingerprint density at radius 1 is 1.09 bits per heavy atom. The number of nitrogens with two attached hydrogens (primary N) is 1. The van der Waals surface area contributed by atoms with E-state index in [0.29, 0.717) is 29.3 Å². The van der Waals surface area contributed by atoms with E-state index in [9.17, 15) is 14.7 Å². The second-order valence-electron chi connectivity index (χ2n) is 7.27. The van der Waals surface area contributed by atoms with E-state index in [1.807, 2.05) is 6.92 Å². The number of azo groups is 1. The smallest absolute Gasteiger partial charge is 0.308 e. The second kappa shape index (κ2) is 12.9. The normalized spacial score (nSPS) is 12.6. The molecule has 1 amide bonds. The number of carbonyl (C=O) groups is 2. The number of carbonyl (C=O) groups excluding carboxylic acids is 2. The fourth-order valence-corrected chi connectivity index (χ4v) is 2.69. The molecule has 34 heavy (non-hydrogen) atoms. The Hall–Kier alpha value is -3.92. The number of para-hydroxylation sites is 3. The number of hydrogen-bond donors (Lipinski definition) is 2. The van der Waals surface area contributed by atoms with E-state index in [2.05, 4.69) is 10.2 Å². The number of rotatable bonds is 11. The van der Waals surface area contributed by atoms with Gasteiger partial charge in [-0.15, -0.1) is 10.2 Å². The minimum absolute atomic E-state index is 0.0785. The average molecular weight is 471 g/mol. The number of hydrazine groups is 1. The number of aliphatic hydroxyl groups excluding tert-OH is 1. The SMILES string of the molecule is CC[C@H](C)C(=O)OCCOc1ccccc1N=NC(C(=O)N(N)c1ccccc1OC)=C(C)O. The van der Waals surface area contributed by atoms with Gasteiger partial charge in [0.05, 0.1) is 13.0 Å². The first-order valence-electron chi connectivity index (χ1n) is 10.7. The highest BCUT2D eigenvalue weighted by atomic mass is 16.6. The summed E-state index contributed by atoms with van der Waals surface area (Å²) in [4.78, 5) is 24.7. The first kappa shape index (κ1) is 26.3. The number of esters is 1. The number of anilines is 1. The van der Waals surface area contributed by atoms with Crippen LogP contribution in [0, 0.1) is 5.92 Å². The Labute approximate surface area is 198 Å². The molecular formula is C24H30N4O6. The fraction of sp³-hybridized carbons (Fsp3) is 0.333. The molecule has 0 aromatic heterocycles. The first-order valence-corrected chi connectivity index (χ1v) is 10.7. The number of aliphatic hydroxyl groups is 1. The Kier molecular flexibility index (Phi) is 10.0. The number of hydrogen-bond acceptors (Lipinski definition) is 9. The van der Waals surface area contributed by atoms with Crippen molar-refractivity contribution in [1.29, 1.82) is 0 Å². The van der Waals surface area contributed by atoms with Crippen LogP contribution in [0.25, 0.3) is 0 Å². The molecule has 0 unspecified atom stereocenters. The van der Waals surface area contributed by atoms with Gasteiger partial charge in [0.25, 0.3) is 5.91 Å². The molecule has 0 aliphatic heterocycles. The Morgan fingerprint density at radius 3 is 2.38 bits per heavy atom. The summed E-state index contributed by atoms with van der Waals surface area (Å²) in [6, 6.07) is 13.4. The molecule has 2 rings (SSSR count). The van der Waals surface area contributed by atoms with Gasteiger partial charge in [-0.2, -0.15) is 0 Å². The van der Waals surface area contributed by atoms with Gasteiger partial charge in [-0.05, 0) is 37.6 Å². The van der Waals surface area contributed by atoms with E-state index < -0.39 is 5.91 Å². The zero-order valence-corrected chi connectivity index (χ0v) is 19.7. The molecule has 0 aliphatic rings.